The van der Waals surface area contributed by atoms with Crippen molar-refractivity contribution in [3.05, 3.63) is 24.4 Å². The van der Waals surface area contributed by atoms with Crippen molar-refractivity contribution in [2.45, 2.75) is 27.2 Å². The minimum absolute atomic E-state index is 0.0715. The van der Waals surface area contributed by atoms with Crippen molar-refractivity contribution in [2.75, 3.05) is 6.54 Å². The molecule has 3 heteroatoms. The Labute approximate surface area is 85.6 Å². The molecule has 0 aromatic rings. The second-order valence-corrected chi connectivity index (χ2v) is 3.06. The van der Waals surface area contributed by atoms with E-state index in [1.54, 1.807) is 6.08 Å². The van der Waals surface area contributed by atoms with Crippen LogP contribution in [0.3, 0.4) is 0 Å². The van der Waals surface area contributed by atoms with Crippen LogP contribution in [-0.2, 0) is 4.79 Å². The highest BCUT2D eigenvalue weighted by Gasteiger charge is 1.94. The smallest absolute Gasteiger partial charge is 0.151 e. The van der Waals surface area contributed by atoms with Crippen molar-refractivity contribution < 1.29 is 4.79 Å². The first-order valence-corrected chi connectivity index (χ1v) is 4.68. The van der Waals surface area contributed by atoms with Crippen LogP contribution < -0.4 is 5.32 Å². The fourth-order valence-electron chi connectivity index (χ4n) is 0.722. The Hall–Kier alpha value is -1.38. The van der Waals surface area contributed by atoms with Crippen molar-refractivity contribution >= 4 is 11.6 Å². The third-order valence-electron chi connectivity index (χ3n) is 1.62. The van der Waals surface area contributed by atoms with Gasteiger partial charge in [0.1, 0.15) is 5.84 Å². The lowest BCUT2D eigenvalue weighted by atomic mass is 10.3. The molecule has 14 heavy (non-hydrogen) atoms. The summed E-state index contributed by atoms with van der Waals surface area (Å²) in [5.74, 6) is 0.892. The number of rotatable bonds is 5. The number of allylic oxidation sites excluding steroid dienone is 2. The highest BCUT2D eigenvalue weighted by atomic mass is 16.1. The van der Waals surface area contributed by atoms with Crippen molar-refractivity contribution in [1.82, 2.24) is 5.32 Å². The summed E-state index contributed by atoms with van der Waals surface area (Å²) in [6.07, 6.45) is 4.37. The average molecular weight is 194 g/mol. The van der Waals surface area contributed by atoms with E-state index in [1.165, 1.54) is 6.92 Å². The first-order valence-electron chi connectivity index (χ1n) is 4.68. The minimum atomic E-state index is 0.0715. The normalized spacial score (nSPS) is 12.5. The molecule has 0 radical (unpaired) electrons. The van der Waals surface area contributed by atoms with Gasteiger partial charge < -0.3 is 5.32 Å². The molecular formula is C11H18N2O. The molecule has 78 valence electrons. The maximum atomic E-state index is 10.7. The fourth-order valence-corrected chi connectivity index (χ4v) is 0.722. The van der Waals surface area contributed by atoms with E-state index in [-0.39, 0.29) is 12.3 Å². The molecule has 0 aliphatic heterocycles. The number of nitrogens with zero attached hydrogens (tertiary/aromatic N) is 1. The van der Waals surface area contributed by atoms with Gasteiger partial charge in [0.25, 0.3) is 0 Å². The van der Waals surface area contributed by atoms with E-state index in [2.05, 4.69) is 16.9 Å². The highest BCUT2D eigenvalue weighted by molar-refractivity contribution is 5.86. The second kappa shape index (κ2) is 7.06. The number of amidine groups is 1. The Morgan fingerprint density at radius 2 is 2.14 bits per heavy atom. The standard InChI is InChI=1S/C11H18N2O/c1-5-9(3)7-12-11(6-2)13-8-10(4)14/h5,7H,1,6,8H2,2-4H3,(H,12,13)/b9-7-. The summed E-state index contributed by atoms with van der Waals surface area (Å²) < 4.78 is 0. The molecule has 0 aliphatic carbocycles. The van der Waals surface area contributed by atoms with Crippen LogP contribution in [0.1, 0.15) is 27.2 Å². The fraction of sp³-hybridized carbons (Fsp3) is 0.455. The van der Waals surface area contributed by atoms with Gasteiger partial charge >= 0.3 is 0 Å². The predicted molar refractivity (Wildman–Crippen MR) is 60.4 cm³/mol. The van der Waals surface area contributed by atoms with Gasteiger partial charge in [0.05, 0.1) is 6.54 Å². The Balaban J connectivity index is 4.21. The van der Waals surface area contributed by atoms with Crippen molar-refractivity contribution in [2.24, 2.45) is 4.99 Å². The summed E-state index contributed by atoms with van der Waals surface area (Å²) in [7, 11) is 0. The highest BCUT2D eigenvalue weighted by Crippen LogP contribution is 1.91. The quantitative estimate of drug-likeness (QED) is 0.413. The topological polar surface area (TPSA) is 41.5 Å². The Bertz CT molecular complexity index is 264. The van der Waals surface area contributed by atoms with Gasteiger partial charge in [0.15, 0.2) is 5.78 Å². The van der Waals surface area contributed by atoms with Crippen LogP contribution in [0.25, 0.3) is 0 Å². The summed E-state index contributed by atoms with van der Waals surface area (Å²) in [5.41, 5.74) is 1.04. The number of nitrogens with one attached hydrogen (secondary N) is 1. The van der Waals surface area contributed by atoms with Crippen LogP contribution in [0.15, 0.2) is 29.4 Å². The maximum absolute atomic E-state index is 10.7. The predicted octanol–water partition coefficient (Wildman–Crippen LogP) is 2.06. The van der Waals surface area contributed by atoms with E-state index in [0.29, 0.717) is 0 Å². The lowest BCUT2D eigenvalue weighted by Crippen LogP contribution is -2.18. The maximum Gasteiger partial charge on any atom is 0.151 e. The van der Waals surface area contributed by atoms with E-state index in [9.17, 15) is 4.79 Å². The molecule has 0 amide bonds. The number of hydrogen-bond donors (Lipinski definition) is 1. The summed E-state index contributed by atoms with van der Waals surface area (Å²) in [6.45, 7) is 9.34. The zero-order chi connectivity index (χ0) is 11.0. The number of Topliss-reactive ketones (excluding diaryl/α,β-unsaturated/α-hetero) is 1. The molecule has 0 heterocycles. The molecule has 0 saturated carbocycles. The van der Waals surface area contributed by atoms with E-state index in [4.69, 9.17) is 0 Å². The zero-order valence-corrected chi connectivity index (χ0v) is 9.13. The molecule has 0 aromatic heterocycles. The van der Waals surface area contributed by atoms with E-state index in [0.717, 1.165) is 17.8 Å². The lowest BCUT2D eigenvalue weighted by molar-refractivity contribution is -0.115. The van der Waals surface area contributed by atoms with Gasteiger partial charge in [-0.1, -0.05) is 19.6 Å². The van der Waals surface area contributed by atoms with Crippen LogP contribution in [0, 0.1) is 0 Å². The van der Waals surface area contributed by atoms with E-state index < -0.39 is 0 Å². The van der Waals surface area contributed by atoms with Crippen LogP contribution >= 0.6 is 0 Å². The first-order chi connectivity index (χ1) is 6.60. The van der Waals surface area contributed by atoms with Gasteiger partial charge in [-0.2, -0.15) is 0 Å². The molecule has 0 spiro atoms. The van der Waals surface area contributed by atoms with E-state index >= 15 is 0 Å². The van der Waals surface area contributed by atoms with Gasteiger partial charge in [-0.05, 0) is 19.4 Å². The summed E-state index contributed by atoms with van der Waals surface area (Å²) in [6, 6.07) is 0. The van der Waals surface area contributed by atoms with Crippen molar-refractivity contribution in [3.8, 4) is 0 Å². The molecule has 1 N–H and O–H groups in total. The molecular weight excluding hydrogens is 176 g/mol. The third-order valence-corrected chi connectivity index (χ3v) is 1.62. The van der Waals surface area contributed by atoms with Gasteiger partial charge in [0.2, 0.25) is 0 Å². The molecule has 3 nitrogen and oxygen atoms in total. The monoisotopic (exact) mass is 194 g/mol. The molecule has 0 saturated heterocycles. The third kappa shape index (κ3) is 6.17. The molecule has 0 unspecified atom stereocenters. The first kappa shape index (κ1) is 12.6. The number of carbonyl (C=O) groups is 1. The van der Waals surface area contributed by atoms with Gasteiger partial charge in [0, 0.05) is 12.6 Å². The van der Waals surface area contributed by atoms with Gasteiger partial charge in [-0.3, -0.25) is 9.79 Å². The largest absolute Gasteiger partial charge is 0.350 e. The molecule has 0 aromatic carbocycles. The van der Waals surface area contributed by atoms with Crippen LogP contribution in [-0.4, -0.2) is 18.2 Å². The number of aliphatic imine (C=N–C) groups is 1. The number of ketones is 1. The Morgan fingerprint density at radius 1 is 1.50 bits per heavy atom. The molecule has 0 fully saturated rings. The van der Waals surface area contributed by atoms with Crippen molar-refractivity contribution in [1.29, 1.82) is 0 Å². The number of hydrogen-bond acceptors (Lipinski definition) is 2. The summed E-state index contributed by atoms with van der Waals surface area (Å²) in [4.78, 5) is 14.8. The average Bonchev–Trinajstić information content (AvgIpc) is 2.17. The van der Waals surface area contributed by atoms with Gasteiger partial charge in [-0.25, -0.2) is 0 Å². The van der Waals surface area contributed by atoms with Crippen LogP contribution in [0.4, 0.5) is 0 Å². The van der Waals surface area contributed by atoms with Gasteiger partial charge in [-0.15, -0.1) is 0 Å². The Kier molecular flexibility index (Phi) is 6.37. The SMILES string of the molecule is C=C/C(C)=C\NC(CC)=NCC(C)=O. The number of carbonyl (C=O) groups excluding carboxylic acids is 1. The van der Waals surface area contributed by atoms with Crippen LogP contribution in [0.5, 0.6) is 0 Å². The molecule has 0 bridgehead atoms. The second-order valence-electron chi connectivity index (χ2n) is 3.06. The summed E-state index contributed by atoms with van der Waals surface area (Å²) in [5, 5.41) is 3.04. The van der Waals surface area contributed by atoms with E-state index in [1.807, 2.05) is 20.0 Å². The van der Waals surface area contributed by atoms with Crippen LogP contribution in [0.2, 0.25) is 0 Å². The molecule has 0 rings (SSSR count). The molecule has 0 atom stereocenters. The minimum Gasteiger partial charge on any atom is -0.350 e. The van der Waals surface area contributed by atoms with Crippen molar-refractivity contribution in [3.63, 3.8) is 0 Å². The summed E-state index contributed by atoms with van der Waals surface area (Å²) >= 11 is 0. The lowest BCUT2D eigenvalue weighted by Gasteiger charge is -2.03. The Morgan fingerprint density at radius 3 is 2.57 bits per heavy atom. The zero-order valence-electron chi connectivity index (χ0n) is 9.13. The molecule has 0 aliphatic rings.